The van der Waals surface area contributed by atoms with E-state index in [0.717, 1.165) is 11.4 Å². The Kier molecular flexibility index (Phi) is 15.4. The fourth-order valence-corrected chi connectivity index (χ4v) is 7.21. The van der Waals surface area contributed by atoms with Crippen LogP contribution in [0.15, 0.2) is 83.0 Å². The molecule has 0 N–H and O–H groups in total. The Morgan fingerprint density at radius 1 is 0.481 bits per heavy atom. The molecule has 0 atom stereocenters. The van der Waals surface area contributed by atoms with Crippen molar-refractivity contribution in [1.82, 2.24) is 0 Å². The first-order valence-corrected chi connectivity index (χ1v) is 18.6. The van der Waals surface area contributed by atoms with Gasteiger partial charge in [-0.2, -0.15) is 0 Å². The van der Waals surface area contributed by atoms with Gasteiger partial charge in [-0.15, -0.1) is 0 Å². The molecule has 5 rings (SSSR count). The number of hydrogen-bond donors (Lipinski definition) is 0. The van der Waals surface area contributed by atoms with Crippen LogP contribution in [0, 0.1) is 48.2 Å². The molecule has 5 heteroatoms. The molecule has 4 aromatic carbocycles. The summed E-state index contributed by atoms with van der Waals surface area (Å²) in [5.41, 5.74) is 17.5. The Labute approximate surface area is 329 Å². The Hall–Kier alpha value is -3.80. The van der Waals surface area contributed by atoms with E-state index in [2.05, 4.69) is 186 Å². The maximum atomic E-state index is 4.84. The number of nitrogens with zero attached hydrogens (tertiary/aromatic N) is 4. The van der Waals surface area contributed by atoms with Crippen molar-refractivity contribution < 1.29 is 0 Å². The van der Waals surface area contributed by atoms with Gasteiger partial charge in [0.05, 0.1) is 11.4 Å². The van der Waals surface area contributed by atoms with E-state index in [1.54, 1.807) is 0 Å². The molecule has 0 amide bonds. The third kappa shape index (κ3) is 10.2. The van der Waals surface area contributed by atoms with Gasteiger partial charge in [0.15, 0.2) is 0 Å². The summed E-state index contributed by atoms with van der Waals surface area (Å²) in [5.74, 6) is 1.77. The molecule has 0 fully saturated rings. The first kappa shape index (κ1) is 42.6. The molecule has 4 aromatic rings. The zero-order valence-electron chi connectivity index (χ0n) is 34.4. The summed E-state index contributed by atoms with van der Waals surface area (Å²) >= 11 is 0. The maximum absolute atomic E-state index is 4.84. The van der Waals surface area contributed by atoms with Gasteiger partial charge in [0.2, 0.25) is 6.67 Å². The second-order valence-corrected chi connectivity index (χ2v) is 15.4. The van der Waals surface area contributed by atoms with Crippen LogP contribution < -0.4 is 9.80 Å². The number of rotatable bonds is 9. The molecular weight excluding hydrogens is 690 g/mol. The van der Waals surface area contributed by atoms with Crippen molar-refractivity contribution in [1.29, 1.82) is 0 Å². The van der Waals surface area contributed by atoms with Crippen molar-refractivity contribution in [3.63, 3.8) is 0 Å². The molecule has 0 aromatic heterocycles. The summed E-state index contributed by atoms with van der Waals surface area (Å²) in [6.07, 6.45) is 7.88. The minimum absolute atomic E-state index is 0. The second kappa shape index (κ2) is 18.8. The van der Waals surface area contributed by atoms with Gasteiger partial charge < -0.3 is 9.80 Å². The number of aryl methyl sites for hydroxylation is 6. The van der Waals surface area contributed by atoms with Crippen molar-refractivity contribution >= 4 is 55.0 Å². The van der Waals surface area contributed by atoms with Crippen LogP contribution in [0.25, 0.3) is 0 Å². The van der Waals surface area contributed by atoms with Crippen LogP contribution in [0.4, 0.5) is 22.7 Å². The molecule has 0 saturated carbocycles. The number of aliphatic imine (C=N–C) groups is 2. The van der Waals surface area contributed by atoms with E-state index in [4.69, 9.17) is 9.98 Å². The van der Waals surface area contributed by atoms with E-state index in [1.807, 2.05) is 12.4 Å². The van der Waals surface area contributed by atoms with Crippen LogP contribution in [0.1, 0.15) is 135 Å². The fraction of sp³-hybridized carbons (Fsp3) is 0.383. The van der Waals surface area contributed by atoms with E-state index in [-0.39, 0.29) is 19.8 Å². The van der Waals surface area contributed by atoms with Crippen LogP contribution in [0.5, 0.6) is 0 Å². The third-order valence-electron chi connectivity index (χ3n) is 9.49. The second-order valence-electron chi connectivity index (χ2n) is 15.4. The van der Waals surface area contributed by atoms with Crippen molar-refractivity contribution in [2.45, 2.75) is 121 Å². The Bertz CT molecular complexity index is 1680. The summed E-state index contributed by atoms with van der Waals surface area (Å²) < 4.78 is 0. The summed E-state index contributed by atoms with van der Waals surface area (Å²) in [6, 6.07) is 21.9. The summed E-state index contributed by atoms with van der Waals surface area (Å²) in [4.78, 5) is 13.9. The van der Waals surface area contributed by atoms with Gasteiger partial charge in [-0.05, 0) is 110 Å². The van der Waals surface area contributed by atoms with Gasteiger partial charge in [0.1, 0.15) is 0 Å². The van der Waals surface area contributed by atoms with Crippen LogP contribution in [-0.2, 0) is 0 Å². The van der Waals surface area contributed by atoms with Gasteiger partial charge in [0, 0.05) is 36.2 Å². The van der Waals surface area contributed by atoms with Gasteiger partial charge in [0.25, 0.3) is 0 Å². The molecule has 0 spiro atoms. The molecule has 1 heterocycles. The number of hydrogen-bond acceptors (Lipinski definition) is 4. The number of anilines is 2. The predicted octanol–water partition coefficient (Wildman–Crippen LogP) is 13.0. The molecule has 0 unspecified atom stereocenters. The predicted molar refractivity (Wildman–Crippen MR) is 231 cm³/mol. The molecule has 272 valence electrons. The van der Waals surface area contributed by atoms with Crippen molar-refractivity contribution in [2.75, 3.05) is 9.80 Å². The van der Waals surface area contributed by atoms with Gasteiger partial charge >= 0.3 is 19.8 Å². The van der Waals surface area contributed by atoms with Crippen LogP contribution in [0.2, 0.25) is 0 Å². The first-order valence-electron chi connectivity index (χ1n) is 18.6. The molecule has 0 aliphatic carbocycles. The first-order chi connectivity index (χ1) is 24.1. The standard InChI is InChI=1S/C26H36N2.C21H24N2.Ga.H/c1-17(2)21-11-9-12-22(18(3)4)25(21)27-15-16-28-26-23(19(5)6)13-10-14-24(26)20(7)8;1-14-9-16(3)20(17(4)10-14)22-7-8-23(13-22)21-18(5)11-15(2)12-19(21)6;;/h9-20H,1-8H3;7-12H,1-6H3;;. The Morgan fingerprint density at radius 3 is 1.00 bits per heavy atom. The summed E-state index contributed by atoms with van der Waals surface area (Å²) in [6.45, 7) is 34.2. The molecule has 52 heavy (non-hydrogen) atoms. The molecular formula is C47H61GaN4. The van der Waals surface area contributed by atoms with E-state index >= 15 is 0 Å². The van der Waals surface area contributed by atoms with E-state index in [9.17, 15) is 0 Å². The van der Waals surface area contributed by atoms with Crippen molar-refractivity contribution in [3.05, 3.63) is 135 Å². The zero-order chi connectivity index (χ0) is 37.6. The monoisotopic (exact) mass is 750 g/mol. The van der Waals surface area contributed by atoms with Crippen molar-refractivity contribution in [3.8, 4) is 0 Å². The molecule has 1 aliphatic heterocycles. The average molecular weight is 752 g/mol. The Balaban J connectivity index is 0.000000280. The third-order valence-corrected chi connectivity index (χ3v) is 9.49. The average Bonchev–Trinajstić information content (AvgIpc) is 3.50. The SMILES string of the molecule is CC(C)c1cccc(C(C)C)c1N=CC=Nc1c(C(C)C)cccc1C(C)C.Cc1cc(C)c(N2[C]N(c3c(C)cc(C)cc3C)C=C2)c(C)c1.[GaH]. The van der Waals surface area contributed by atoms with E-state index in [1.165, 1.54) is 67.0 Å². The van der Waals surface area contributed by atoms with Crippen LogP contribution in [0.3, 0.4) is 0 Å². The van der Waals surface area contributed by atoms with E-state index in [0.29, 0.717) is 23.7 Å². The van der Waals surface area contributed by atoms with E-state index < -0.39 is 0 Å². The molecule has 0 bridgehead atoms. The molecule has 1 aliphatic rings. The van der Waals surface area contributed by atoms with Gasteiger partial charge in [-0.25, -0.2) is 0 Å². The normalized spacial score (nSPS) is 13.0. The van der Waals surface area contributed by atoms with Gasteiger partial charge in [-0.1, -0.05) is 127 Å². The molecule has 0 saturated heterocycles. The number of benzene rings is 4. The summed E-state index contributed by atoms with van der Waals surface area (Å²) in [7, 11) is 0. The Morgan fingerprint density at radius 2 is 0.750 bits per heavy atom. The fourth-order valence-electron chi connectivity index (χ4n) is 7.21. The molecule has 4 nitrogen and oxygen atoms in total. The van der Waals surface area contributed by atoms with Crippen molar-refractivity contribution in [2.24, 2.45) is 9.98 Å². The summed E-state index contributed by atoms with van der Waals surface area (Å²) in [5, 5.41) is 0. The quantitative estimate of drug-likeness (QED) is 0.126. The molecule has 4 radical (unpaired) electrons. The van der Waals surface area contributed by atoms with Crippen LogP contribution >= 0.6 is 0 Å². The number of para-hydroxylation sites is 2. The van der Waals surface area contributed by atoms with Crippen LogP contribution in [-0.4, -0.2) is 32.2 Å². The van der Waals surface area contributed by atoms with Gasteiger partial charge in [-0.3, -0.25) is 9.98 Å². The zero-order valence-corrected chi connectivity index (χ0v) is 37.4. The topological polar surface area (TPSA) is 31.2 Å². The minimum atomic E-state index is 0.